The molecule has 0 aliphatic rings. The van der Waals surface area contributed by atoms with E-state index in [1.807, 2.05) is 0 Å². The van der Waals surface area contributed by atoms with Gasteiger partial charge in [-0.15, -0.1) is 0 Å². The third kappa shape index (κ3) is 4.75. The minimum atomic E-state index is -0.975. The van der Waals surface area contributed by atoms with Gasteiger partial charge < -0.3 is 19.7 Å². The molecule has 0 fully saturated rings. The summed E-state index contributed by atoms with van der Waals surface area (Å²) in [5.74, 6) is -1.63. The topological polar surface area (TPSA) is 99.9 Å². The SMILES string of the molecule is CCC(CC(=O)O)NC(=O)CN(C)C(=O)c1ccco1. The lowest BCUT2D eigenvalue weighted by Crippen LogP contribution is -2.43. The van der Waals surface area contributed by atoms with E-state index in [4.69, 9.17) is 9.52 Å². The maximum Gasteiger partial charge on any atom is 0.305 e. The van der Waals surface area contributed by atoms with Gasteiger partial charge in [-0.3, -0.25) is 14.4 Å². The molecule has 0 bridgehead atoms. The van der Waals surface area contributed by atoms with Crippen LogP contribution in [0.1, 0.15) is 30.3 Å². The summed E-state index contributed by atoms with van der Waals surface area (Å²) < 4.78 is 4.95. The first kappa shape index (κ1) is 15.7. The molecule has 0 aliphatic carbocycles. The van der Waals surface area contributed by atoms with E-state index in [0.29, 0.717) is 6.42 Å². The Morgan fingerprint density at radius 3 is 2.65 bits per heavy atom. The summed E-state index contributed by atoms with van der Waals surface area (Å²) in [7, 11) is 1.47. The first-order valence-corrected chi connectivity index (χ1v) is 6.24. The summed E-state index contributed by atoms with van der Waals surface area (Å²) in [4.78, 5) is 35.4. The number of likely N-dealkylation sites (N-methyl/N-ethyl adjacent to an activating group) is 1. The van der Waals surface area contributed by atoms with Crippen molar-refractivity contribution >= 4 is 17.8 Å². The number of nitrogens with zero attached hydrogens (tertiary/aromatic N) is 1. The number of carbonyl (C=O) groups excluding carboxylic acids is 2. The molecular formula is C13H18N2O5. The molecule has 0 saturated carbocycles. The van der Waals surface area contributed by atoms with E-state index in [0.717, 1.165) is 0 Å². The molecule has 1 aromatic rings. The normalized spacial score (nSPS) is 11.7. The van der Waals surface area contributed by atoms with E-state index < -0.39 is 23.8 Å². The molecular weight excluding hydrogens is 264 g/mol. The Hall–Kier alpha value is -2.31. The van der Waals surface area contributed by atoms with Crippen LogP contribution >= 0.6 is 0 Å². The van der Waals surface area contributed by atoms with Crippen molar-refractivity contribution in [1.29, 1.82) is 0 Å². The second kappa shape index (κ2) is 7.32. The molecule has 0 saturated heterocycles. The largest absolute Gasteiger partial charge is 0.481 e. The fraction of sp³-hybridized carbons (Fsp3) is 0.462. The fourth-order valence-electron chi connectivity index (χ4n) is 1.66. The molecule has 7 nitrogen and oxygen atoms in total. The smallest absolute Gasteiger partial charge is 0.305 e. The quantitative estimate of drug-likeness (QED) is 0.767. The molecule has 0 spiro atoms. The van der Waals surface area contributed by atoms with Crippen molar-refractivity contribution in [2.75, 3.05) is 13.6 Å². The number of carboxylic acid groups (broad SMARTS) is 1. The predicted octanol–water partition coefficient (Wildman–Crippen LogP) is 0.721. The summed E-state index contributed by atoms with van der Waals surface area (Å²) >= 11 is 0. The highest BCUT2D eigenvalue weighted by Crippen LogP contribution is 2.04. The summed E-state index contributed by atoms with van der Waals surface area (Å²) in [6.45, 7) is 1.63. The van der Waals surface area contributed by atoms with Crippen molar-refractivity contribution in [3.05, 3.63) is 24.2 Å². The van der Waals surface area contributed by atoms with Gasteiger partial charge in [0, 0.05) is 13.1 Å². The number of nitrogens with one attached hydrogen (secondary N) is 1. The molecule has 20 heavy (non-hydrogen) atoms. The van der Waals surface area contributed by atoms with Gasteiger partial charge in [-0.25, -0.2) is 0 Å². The lowest BCUT2D eigenvalue weighted by atomic mass is 10.1. The Balaban J connectivity index is 2.48. The molecule has 2 N–H and O–H groups in total. The van der Waals surface area contributed by atoms with Gasteiger partial charge in [0.15, 0.2) is 5.76 Å². The van der Waals surface area contributed by atoms with E-state index in [1.54, 1.807) is 13.0 Å². The number of rotatable bonds is 7. The zero-order chi connectivity index (χ0) is 15.1. The first-order valence-electron chi connectivity index (χ1n) is 6.24. The lowest BCUT2D eigenvalue weighted by Gasteiger charge is -2.19. The van der Waals surface area contributed by atoms with Crippen molar-refractivity contribution in [1.82, 2.24) is 10.2 Å². The van der Waals surface area contributed by atoms with Gasteiger partial charge in [0.2, 0.25) is 5.91 Å². The van der Waals surface area contributed by atoms with Crippen LogP contribution in [0.2, 0.25) is 0 Å². The zero-order valence-electron chi connectivity index (χ0n) is 11.5. The number of carbonyl (C=O) groups is 3. The van der Waals surface area contributed by atoms with Crippen LogP contribution in [0.5, 0.6) is 0 Å². The molecule has 2 amide bonds. The number of hydrogen-bond donors (Lipinski definition) is 2. The van der Waals surface area contributed by atoms with Gasteiger partial charge in [0.25, 0.3) is 5.91 Å². The van der Waals surface area contributed by atoms with Gasteiger partial charge in [-0.05, 0) is 18.6 Å². The number of hydrogen-bond acceptors (Lipinski definition) is 4. The zero-order valence-corrected chi connectivity index (χ0v) is 11.5. The van der Waals surface area contributed by atoms with Crippen LogP contribution in [0.3, 0.4) is 0 Å². The van der Waals surface area contributed by atoms with Crippen molar-refractivity contribution in [3.63, 3.8) is 0 Å². The average molecular weight is 282 g/mol. The summed E-state index contributed by atoms with van der Waals surface area (Å²) in [6.07, 6.45) is 1.74. The monoisotopic (exact) mass is 282 g/mol. The van der Waals surface area contributed by atoms with Crippen LogP contribution < -0.4 is 5.32 Å². The van der Waals surface area contributed by atoms with E-state index in [2.05, 4.69) is 5.32 Å². The Bertz CT molecular complexity index is 469. The van der Waals surface area contributed by atoms with Crippen LogP contribution in [0, 0.1) is 0 Å². The molecule has 110 valence electrons. The predicted molar refractivity (Wildman–Crippen MR) is 70.1 cm³/mol. The maximum absolute atomic E-state index is 11.8. The van der Waals surface area contributed by atoms with Crippen LogP contribution in [0.4, 0.5) is 0 Å². The molecule has 0 radical (unpaired) electrons. The van der Waals surface area contributed by atoms with E-state index in [1.165, 1.54) is 24.3 Å². The highest BCUT2D eigenvalue weighted by molar-refractivity contribution is 5.94. The maximum atomic E-state index is 11.8. The molecule has 0 aliphatic heterocycles. The van der Waals surface area contributed by atoms with Gasteiger partial charge in [0.05, 0.1) is 19.2 Å². The molecule has 1 rings (SSSR count). The van der Waals surface area contributed by atoms with Crippen molar-refractivity contribution in [2.45, 2.75) is 25.8 Å². The molecule has 1 aromatic heterocycles. The van der Waals surface area contributed by atoms with Crippen molar-refractivity contribution in [2.24, 2.45) is 0 Å². The average Bonchev–Trinajstić information content (AvgIpc) is 2.89. The van der Waals surface area contributed by atoms with Gasteiger partial charge in [0.1, 0.15) is 0 Å². The molecule has 1 unspecified atom stereocenters. The van der Waals surface area contributed by atoms with Crippen molar-refractivity contribution < 1.29 is 23.9 Å². The van der Waals surface area contributed by atoms with Crippen LogP contribution in [-0.4, -0.2) is 47.4 Å². The Labute approximate surface area is 116 Å². The van der Waals surface area contributed by atoms with Gasteiger partial charge in [-0.2, -0.15) is 0 Å². The summed E-state index contributed by atoms with van der Waals surface area (Å²) in [5.41, 5.74) is 0. The van der Waals surface area contributed by atoms with E-state index in [-0.39, 0.29) is 18.7 Å². The van der Waals surface area contributed by atoms with E-state index in [9.17, 15) is 14.4 Å². The minimum absolute atomic E-state index is 0.141. The van der Waals surface area contributed by atoms with Gasteiger partial charge >= 0.3 is 5.97 Å². The standard InChI is InChI=1S/C13H18N2O5/c1-3-9(7-12(17)18)14-11(16)8-15(2)13(19)10-5-4-6-20-10/h4-6,9H,3,7-8H2,1-2H3,(H,14,16)(H,17,18). The summed E-state index contributed by atoms with van der Waals surface area (Å²) in [5, 5.41) is 11.3. The highest BCUT2D eigenvalue weighted by atomic mass is 16.4. The summed E-state index contributed by atoms with van der Waals surface area (Å²) in [6, 6.07) is 2.66. The molecule has 0 aromatic carbocycles. The third-order valence-electron chi connectivity index (χ3n) is 2.74. The molecule has 7 heteroatoms. The fourth-order valence-corrected chi connectivity index (χ4v) is 1.66. The Morgan fingerprint density at radius 1 is 1.45 bits per heavy atom. The number of amides is 2. The van der Waals surface area contributed by atoms with Gasteiger partial charge in [-0.1, -0.05) is 6.92 Å². The molecule has 1 heterocycles. The second-order valence-electron chi connectivity index (χ2n) is 4.41. The Morgan fingerprint density at radius 2 is 2.15 bits per heavy atom. The minimum Gasteiger partial charge on any atom is -0.481 e. The number of carboxylic acids is 1. The number of furan rings is 1. The second-order valence-corrected chi connectivity index (χ2v) is 4.41. The lowest BCUT2D eigenvalue weighted by molar-refractivity contribution is -0.137. The van der Waals surface area contributed by atoms with E-state index >= 15 is 0 Å². The Kier molecular flexibility index (Phi) is 5.76. The third-order valence-corrected chi connectivity index (χ3v) is 2.74. The first-order chi connectivity index (χ1) is 9.43. The van der Waals surface area contributed by atoms with Crippen LogP contribution in [0.25, 0.3) is 0 Å². The highest BCUT2D eigenvalue weighted by Gasteiger charge is 2.19. The molecule has 1 atom stereocenters. The van der Waals surface area contributed by atoms with Crippen LogP contribution in [-0.2, 0) is 9.59 Å². The van der Waals surface area contributed by atoms with Crippen molar-refractivity contribution in [3.8, 4) is 0 Å². The number of aliphatic carboxylic acids is 1. The van der Waals surface area contributed by atoms with Crippen LogP contribution in [0.15, 0.2) is 22.8 Å².